The second-order valence-corrected chi connectivity index (χ2v) is 7.68. The number of rotatable bonds is 2. The Bertz CT molecular complexity index is 465. The average molecular weight is 277 g/mol. The van der Waals surface area contributed by atoms with Gasteiger partial charge in [0.2, 0.25) is 0 Å². The summed E-state index contributed by atoms with van der Waals surface area (Å²) in [6, 6.07) is 2.31. The first-order valence-corrected chi connectivity index (χ1v) is 8.23. The summed E-state index contributed by atoms with van der Waals surface area (Å²) >= 11 is 2.08. The lowest BCUT2D eigenvalue weighted by atomic mass is 10.1. The molecule has 2 N–H and O–H groups in total. The predicted octanol–water partition coefficient (Wildman–Crippen LogP) is 2.36. The summed E-state index contributed by atoms with van der Waals surface area (Å²) in [5.41, 5.74) is 9.92. The molecule has 1 aliphatic carbocycles. The van der Waals surface area contributed by atoms with Crippen LogP contribution in [0, 0.1) is 0 Å². The topological polar surface area (TPSA) is 42.2 Å². The Balaban J connectivity index is 1.94. The van der Waals surface area contributed by atoms with Crippen LogP contribution in [-0.2, 0) is 19.4 Å². The molecular weight excluding hydrogens is 254 g/mol. The maximum absolute atomic E-state index is 5.95. The third-order valence-corrected chi connectivity index (χ3v) is 5.27. The summed E-state index contributed by atoms with van der Waals surface area (Å²) in [6.07, 6.45) is 3.57. The fourth-order valence-corrected chi connectivity index (χ4v) is 4.61. The van der Waals surface area contributed by atoms with Crippen LogP contribution in [0.1, 0.15) is 37.1 Å². The van der Waals surface area contributed by atoms with Crippen LogP contribution in [-0.4, -0.2) is 28.6 Å². The average Bonchev–Trinajstić information content (AvgIpc) is 2.83. The highest BCUT2D eigenvalue weighted by molar-refractivity contribution is 8.00. The van der Waals surface area contributed by atoms with Gasteiger partial charge in [0.15, 0.2) is 0 Å². The SMILES string of the molecule is CC1CN(c2nc3c(cc2CN)CCC3)CC(C)S1. The van der Waals surface area contributed by atoms with E-state index in [-0.39, 0.29) is 0 Å². The summed E-state index contributed by atoms with van der Waals surface area (Å²) < 4.78 is 0. The zero-order chi connectivity index (χ0) is 13.4. The first-order valence-electron chi connectivity index (χ1n) is 7.29. The molecule has 1 aromatic rings. The lowest BCUT2D eigenvalue weighted by molar-refractivity contribution is 0.710. The molecular formula is C15H23N3S. The first-order chi connectivity index (χ1) is 9.17. The molecule has 1 saturated heterocycles. The van der Waals surface area contributed by atoms with Crippen molar-refractivity contribution in [3.05, 3.63) is 22.9 Å². The molecule has 3 rings (SSSR count). The van der Waals surface area contributed by atoms with Crippen LogP contribution in [0.25, 0.3) is 0 Å². The minimum absolute atomic E-state index is 0.599. The highest BCUT2D eigenvalue weighted by atomic mass is 32.2. The Morgan fingerprint density at radius 2 is 2.05 bits per heavy atom. The van der Waals surface area contributed by atoms with Gasteiger partial charge in [-0.2, -0.15) is 11.8 Å². The quantitative estimate of drug-likeness (QED) is 0.901. The lowest BCUT2D eigenvalue weighted by Gasteiger charge is -2.36. The van der Waals surface area contributed by atoms with E-state index in [1.54, 1.807) is 0 Å². The monoisotopic (exact) mass is 277 g/mol. The Morgan fingerprint density at radius 3 is 2.74 bits per heavy atom. The van der Waals surface area contributed by atoms with E-state index < -0.39 is 0 Å². The van der Waals surface area contributed by atoms with Gasteiger partial charge >= 0.3 is 0 Å². The van der Waals surface area contributed by atoms with Crippen LogP contribution in [0.3, 0.4) is 0 Å². The second-order valence-electron chi connectivity index (χ2n) is 5.80. The van der Waals surface area contributed by atoms with E-state index in [1.165, 1.54) is 29.7 Å². The third kappa shape index (κ3) is 2.61. The molecule has 1 aliphatic heterocycles. The van der Waals surface area contributed by atoms with E-state index in [4.69, 9.17) is 10.7 Å². The highest BCUT2D eigenvalue weighted by Crippen LogP contribution is 2.32. The zero-order valence-electron chi connectivity index (χ0n) is 11.9. The van der Waals surface area contributed by atoms with Crippen LogP contribution in [0.15, 0.2) is 6.07 Å². The number of hydrogen-bond acceptors (Lipinski definition) is 4. The van der Waals surface area contributed by atoms with Gasteiger partial charge in [0.05, 0.1) is 0 Å². The van der Waals surface area contributed by atoms with Crippen molar-refractivity contribution < 1.29 is 0 Å². The molecule has 3 nitrogen and oxygen atoms in total. The molecule has 2 atom stereocenters. The minimum Gasteiger partial charge on any atom is -0.354 e. The standard InChI is InChI=1S/C15H23N3S/c1-10-8-18(9-11(2)19-10)15-13(7-16)6-12-4-3-5-14(12)17-15/h6,10-11H,3-5,7-9,16H2,1-2H3. The number of anilines is 1. The molecule has 104 valence electrons. The number of nitrogens with two attached hydrogens (primary N) is 1. The van der Waals surface area contributed by atoms with Crippen molar-refractivity contribution in [2.24, 2.45) is 5.73 Å². The van der Waals surface area contributed by atoms with E-state index in [2.05, 4.69) is 36.6 Å². The second kappa shape index (κ2) is 5.33. The summed E-state index contributed by atoms with van der Waals surface area (Å²) in [5, 5.41) is 1.34. The molecule has 0 saturated carbocycles. The Hall–Kier alpha value is -0.740. The smallest absolute Gasteiger partial charge is 0.133 e. The molecule has 1 aromatic heterocycles. The number of pyridine rings is 1. The Morgan fingerprint density at radius 1 is 1.32 bits per heavy atom. The molecule has 0 aromatic carbocycles. The van der Waals surface area contributed by atoms with Crippen molar-refractivity contribution in [3.8, 4) is 0 Å². The molecule has 0 radical (unpaired) electrons. The van der Waals surface area contributed by atoms with Crippen molar-refractivity contribution in [1.29, 1.82) is 0 Å². The number of aryl methyl sites for hydroxylation is 2. The van der Waals surface area contributed by atoms with Crippen molar-refractivity contribution >= 4 is 17.6 Å². The summed E-state index contributed by atoms with van der Waals surface area (Å²) in [5.74, 6) is 1.15. The lowest BCUT2D eigenvalue weighted by Crippen LogP contribution is -2.41. The maximum atomic E-state index is 5.95. The molecule has 1 fully saturated rings. The molecule has 4 heteroatoms. The number of hydrogen-bond donors (Lipinski definition) is 1. The van der Waals surface area contributed by atoms with Crippen molar-refractivity contribution in [1.82, 2.24) is 4.98 Å². The van der Waals surface area contributed by atoms with Crippen LogP contribution in [0.4, 0.5) is 5.82 Å². The zero-order valence-corrected chi connectivity index (χ0v) is 12.7. The van der Waals surface area contributed by atoms with Gasteiger partial charge in [-0.3, -0.25) is 0 Å². The molecule has 2 unspecified atom stereocenters. The first kappa shape index (κ1) is 13.3. The number of thioether (sulfide) groups is 1. The molecule has 0 amide bonds. The molecule has 0 spiro atoms. The fourth-order valence-electron chi connectivity index (χ4n) is 3.28. The van der Waals surface area contributed by atoms with Crippen molar-refractivity contribution in [2.45, 2.75) is 50.2 Å². The fraction of sp³-hybridized carbons (Fsp3) is 0.667. The largest absolute Gasteiger partial charge is 0.354 e. The van der Waals surface area contributed by atoms with E-state index in [1.807, 2.05) is 0 Å². The summed E-state index contributed by atoms with van der Waals surface area (Å²) in [6.45, 7) is 7.40. The van der Waals surface area contributed by atoms with Crippen molar-refractivity contribution in [2.75, 3.05) is 18.0 Å². The van der Waals surface area contributed by atoms with E-state index in [9.17, 15) is 0 Å². The van der Waals surface area contributed by atoms with E-state index in [0.717, 1.165) is 25.3 Å². The van der Waals surface area contributed by atoms with Gasteiger partial charge in [-0.05, 0) is 30.9 Å². The van der Waals surface area contributed by atoms with E-state index in [0.29, 0.717) is 17.0 Å². The van der Waals surface area contributed by atoms with Crippen LogP contribution in [0.5, 0.6) is 0 Å². The van der Waals surface area contributed by atoms with Crippen LogP contribution in [0.2, 0.25) is 0 Å². The Labute approximate surface area is 120 Å². The molecule has 2 aliphatic rings. The van der Waals surface area contributed by atoms with Gasteiger partial charge in [-0.25, -0.2) is 4.98 Å². The maximum Gasteiger partial charge on any atom is 0.133 e. The summed E-state index contributed by atoms with van der Waals surface area (Å²) in [7, 11) is 0. The van der Waals surface area contributed by atoms with Crippen LogP contribution < -0.4 is 10.6 Å². The van der Waals surface area contributed by atoms with Gasteiger partial charge in [0.1, 0.15) is 5.82 Å². The Kier molecular flexibility index (Phi) is 3.72. The van der Waals surface area contributed by atoms with Crippen LogP contribution >= 0.6 is 11.8 Å². The van der Waals surface area contributed by atoms with Crippen molar-refractivity contribution in [3.63, 3.8) is 0 Å². The van der Waals surface area contributed by atoms with Gasteiger partial charge in [0.25, 0.3) is 0 Å². The molecule has 2 heterocycles. The molecule has 19 heavy (non-hydrogen) atoms. The summed E-state index contributed by atoms with van der Waals surface area (Å²) in [4.78, 5) is 7.40. The van der Waals surface area contributed by atoms with Gasteiger partial charge < -0.3 is 10.6 Å². The van der Waals surface area contributed by atoms with Gasteiger partial charge in [-0.1, -0.05) is 13.8 Å². The number of nitrogens with zero attached hydrogens (tertiary/aromatic N) is 2. The van der Waals surface area contributed by atoms with Gasteiger partial charge in [-0.15, -0.1) is 0 Å². The predicted molar refractivity (Wildman–Crippen MR) is 82.9 cm³/mol. The van der Waals surface area contributed by atoms with E-state index >= 15 is 0 Å². The highest BCUT2D eigenvalue weighted by Gasteiger charge is 2.26. The third-order valence-electron chi connectivity index (χ3n) is 4.05. The molecule has 0 bridgehead atoms. The minimum atomic E-state index is 0.599. The number of aromatic nitrogens is 1. The van der Waals surface area contributed by atoms with Gasteiger partial charge in [0, 0.05) is 41.4 Å². The normalized spacial score (nSPS) is 26.6. The number of fused-ring (bicyclic) bond motifs is 1.